The molecular weight excluding hydrogens is 487 g/mol. The van der Waals surface area contributed by atoms with E-state index in [9.17, 15) is 9.59 Å². The molecule has 1 heterocycles. The van der Waals surface area contributed by atoms with E-state index in [1.54, 1.807) is 0 Å². The molecule has 3 aliphatic rings. The molecule has 3 nitrogen and oxygen atoms in total. The van der Waals surface area contributed by atoms with Crippen LogP contribution in [0.5, 0.6) is 0 Å². The van der Waals surface area contributed by atoms with E-state index in [0.717, 1.165) is 16.0 Å². The van der Waals surface area contributed by atoms with E-state index in [1.807, 2.05) is 39.0 Å². The Morgan fingerprint density at radius 1 is 0.929 bits per heavy atom. The number of benzene rings is 1. The Kier molecular flexibility index (Phi) is 4.66. The van der Waals surface area contributed by atoms with Gasteiger partial charge in [0, 0.05) is 0 Å². The molecule has 150 valence electrons. The molecule has 0 unspecified atom stereocenters. The summed E-state index contributed by atoms with van der Waals surface area (Å²) in [5, 5.41) is -0.180. The summed E-state index contributed by atoms with van der Waals surface area (Å²) in [5.41, 5.74) is 2.23. The number of aryl methyl sites for hydroxylation is 1. The van der Waals surface area contributed by atoms with Crippen LogP contribution in [0.4, 0.5) is 5.69 Å². The van der Waals surface area contributed by atoms with E-state index in [2.05, 4.69) is 0 Å². The number of alkyl halides is 4. The number of hydrogen-bond donors (Lipinski definition) is 0. The molecule has 1 aromatic carbocycles. The van der Waals surface area contributed by atoms with Crippen molar-refractivity contribution in [2.24, 2.45) is 11.8 Å². The van der Waals surface area contributed by atoms with Crippen LogP contribution in [0.2, 0.25) is 0 Å². The van der Waals surface area contributed by atoms with Crippen molar-refractivity contribution in [3.8, 4) is 0 Å². The fourth-order valence-corrected chi connectivity index (χ4v) is 7.39. The molecule has 2 amide bonds. The molecular formula is C19H15Cl6NO2. The number of carbonyl (C=O) groups excluding carboxylic acids is 2. The minimum atomic E-state index is -1.92. The first kappa shape index (κ1) is 21.1. The van der Waals surface area contributed by atoms with Gasteiger partial charge in [-0.3, -0.25) is 9.59 Å². The number of amides is 2. The standard InChI is InChI=1S/C19H15Cl6NO2/c1-7(2)9-5-4-8(3)10(6-9)26-15(27)11-12(16(26)28)18(23)14(21)13(20)17(11,22)19(18,24)25/h4-7,11-12H,1-3H3/t11-,12-,17-,18-/m1/s1. The van der Waals surface area contributed by atoms with Gasteiger partial charge >= 0.3 is 0 Å². The molecule has 0 aromatic heterocycles. The number of rotatable bonds is 2. The Hall–Kier alpha value is -0.160. The molecule has 1 saturated heterocycles. The molecule has 4 atom stereocenters. The van der Waals surface area contributed by atoms with Gasteiger partial charge in [-0.15, -0.1) is 23.2 Å². The number of halogens is 6. The molecule has 1 aromatic rings. The van der Waals surface area contributed by atoms with Crippen molar-refractivity contribution in [2.45, 2.75) is 40.8 Å². The summed E-state index contributed by atoms with van der Waals surface area (Å²) in [5.74, 6) is -3.10. The summed E-state index contributed by atoms with van der Waals surface area (Å²) in [6, 6.07) is 5.65. The molecule has 28 heavy (non-hydrogen) atoms. The molecule has 4 rings (SSSR count). The maximum atomic E-state index is 13.4. The number of carbonyl (C=O) groups is 2. The maximum absolute atomic E-state index is 13.4. The molecule has 0 radical (unpaired) electrons. The van der Waals surface area contributed by atoms with Crippen molar-refractivity contribution in [3.05, 3.63) is 39.4 Å². The van der Waals surface area contributed by atoms with E-state index in [4.69, 9.17) is 69.6 Å². The van der Waals surface area contributed by atoms with Gasteiger partial charge in [0.2, 0.25) is 11.8 Å². The molecule has 1 saturated carbocycles. The van der Waals surface area contributed by atoms with Crippen LogP contribution in [0.25, 0.3) is 0 Å². The number of anilines is 1. The van der Waals surface area contributed by atoms with Gasteiger partial charge < -0.3 is 0 Å². The zero-order valence-electron chi connectivity index (χ0n) is 15.0. The third-order valence-electron chi connectivity index (χ3n) is 6.05. The monoisotopic (exact) mass is 499 g/mol. The fourth-order valence-electron chi connectivity index (χ4n) is 4.46. The minimum absolute atomic E-state index is 0.0901. The van der Waals surface area contributed by atoms with Crippen molar-refractivity contribution in [1.29, 1.82) is 0 Å². The summed E-state index contributed by atoms with van der Waals surface area (Å²) in [7, 11) is 0. The molecule has 2 bridgehead atoms. The SMILES string of the molecule is Cc1ccc(C(C)C)cc1N1C(=O)[C@H]2[C@H](C1=O)[C@@]1(Cl)C(Cl)=C(Cl)[C@@]2(Cl)C1(Cl)Cl. The van der Waals surface area contributed by atoms with Crippen LogP contribution in [-0.4, -0.2) is 25.9 Å². The predicted octanol–water partition coefficient (Wildman–Crippen LogP) is 6.07. The average Bonchev–Trinajstić information content (AvgIpc) is 3.00. The quantitative estimate of drug-likeness (QED) is 0.364. The smallest absolute Gasteiger partial charge is 0.240 e. The highest BCUT2D eigenvalue weighted by Gasteiger charge is 2.87. The van der Waals surface area contributed by atoms with Crippen LogP contribution >= 0.6 is 69.6 Å². The summed E-state index contributed by atoms with van der Waals surface area (Å²) < 4.78 is -1.92. The lowest BCUT2D eigenvalue weighted by Crippen LogP contribution is -2.50. The number of nitrogens with zero attached hydrogens (tertiary/aromatic N) is 1. The third-order valence-corrected chi connectivity index (χ3v) is 10.3. The van der Waals surface area contributed by atoms with Crippen molar-refractivity contribution >= 4 is 87.1 Å². The van der Waals surface area contributed by atoms with Gasteiger partial charge in [-0.1, -0.05) is 72.4 Å². The van der Waals surface area contributed by atoms with Crippen LogP contribution < -0.4 is 4.90 Å². The number of hydrogen-bond acceptors (Lipinski definition) is 2. The van der Waals surface area contributed by atoms with Gasteiger partial charge in [-0.05, 0) is 30.0 Å². The first-order chi connectivity index (χ1) is 12.8. The summed E-state index contributed by atoms with van der Waals surface area (Å²) in [6.45, 7) is 5.87. The Morgan fingerprint density at radius 3 is 1.82 bits per heavy atom. The van der Waals surface area contributed by atoms with Gasteiger partial charge in [-0.25, -0.2) is 4.90 Å². The average molecular weight is 502 g/mol. The molecule has 2 aliphatic carbocycles. The highest BCUT2D eigenvalue weighted by molar-refractivity contribution is 6.67. The Bertz CT molecular complexity index is 927. The number of imide groups is 1. The topological polar surface area (TPSA) is 37.4 Å². The normalized spacial score (nSPS) is 36.1. The van der Waals surface area contributed by atoms with E-state index >= 15 is 0 Å². The van der Waals surface area contributed by atoms with Crippen LogP contribution in [0.1, 0.15) is 30.9 Å². The Morgan fingerprint density at radius 2 is 1.39 bits per heavy atom. The van der Waals surface area contributed by atoms with Crippen LogP contribution in [0.3, 0.4) is 0 Å². The number of fused-ring (bicyclic) bond motifs is 5. The first-order valence-electron chi connectivity index (χ1n) is 8.63. The van der Waals surface area contributed by atoms with Gasteiger partial charge in [0.25, 0.3) is 0 Å². The predicted molar refractivity (Wildman–Crippen MR) is 115 cm³/mol. The second-order valence-electron chi connectivity index (χ2n) is 7.79. The highest BCUT2D eigenvalue weighted by atomic mass is 35.5. The lowest BCUT2D eigenvalue weighted by Gasteiger charge is -2.34. The van der Waals surface area contributed by atoms with Crippen molar-refractivity contribution < 1.29 is 9.59 Å². The molecule has 0 spiro atoms. The lowest BCUT2D eigenvalue weighted by molar-refractivity contribution is -0.123. The molecule has 1 aliphatic heterocycles. The second-order valence-corrected chi connectivity index (χ2v) is 11.1. The third kappa shape index (κ3) is 2.11. The fraction of sp³-hybridized carbons (Fsp3) is 0.474. The van der Waals surface area contributed by atoms with Gasteiger partial charge in [-0.2, -0.15) is 0 Å². The zero-order valence-corrected chi connectivity index (χ0v) is 19.5. The van der Waals surface area contributed by atoms with Crippen molar-refractivity contribution in [1.82, 2.24) is 0 Å². The summed E-state index contributed by atoms with van der Waals surface area (Å²) in [4.78, 5) is 24.4. The summed E-state index contributed by atoms with van der Waals surface area (Å²) >= 11 is 39.1. The lowest BCUT2D eigenvalue weighted by atomic mass is 9.84. The number of allylic oxidation sites excluding steroid dienone is 2. The Balaban J connectivity index is 1.90. The van der Waals surface area contributed by atoms with E-state index in [-0.39, 0.29) is 16.0 Å². The summed E-state index contributed by atoms with van der Waals surface area (Å²) in [6.07, 6.45) is 0. The van der Waals surface area contributed by atoms with E-state index in [1.165, 1.54) is 0 Å². The first-order valence-corrected chi connectivity index (χ1v) is 10.9. The van der Waals surface area contributed by atoms with Crippen LogP contribution in [0.15, 0.2) is 28.3 Å². The van der Waals surface area contributed by atoms with Gasteiger partial charge in [0.1, 0.15) is 9.75 Å². The van der Waals surface area contributed by atoms with Crippen molar-refractivity contribution in [2.75, 3.05) is 4.90 Å². The largest absolute Gasteiger partial charge is 0.274 e. The van der Waals surface area contributed by atoms with Gasteiger partial charge in [0.05, 0.1) is 27.6 Å². The molecule has 9 heteroatoms. The van der Waals surface area contributed by atoms with E-state index in [0.29, 0.717) is 5.69 Å². The van der Waals surface area contributed by atoms with Crippen LogP contribution in [0, 0.1) is 18.8 Å². The maximum Gasteiger partial charge on any atom is 0.240 e. The molecule has 0 N–H and O–H groups in total. The van der Waals surface area contributed by atoms with Gasteiger partial charge in [0.15, 0.2) is 4.33 Å². The highest BCUT2D eigenvalue weighted by Crippen LogP contribution is 2.77. The van der Waals surface area contributed by atoms with E-state index < -0.39 is 37.7 Å². The molecule has 2 fully saturated rings. The zero-order chi connectivity index (χ0) is 21.0. The Labute approximate surface area is 192 Å². The van der Waals surface area contributed by atoms with Crippen LogP contribution in [-0.2, 0) is 9.59 Å². The minimum Gasteiger partial charge on any atom is -0.274 e. The van der Waals surface area contributed by atoms with Crippen molar-refractivity contribution in [3.63, 3.8) is 0 Å². The second kappa shape index (κ2) is 6.18.